The van der Waals surface area contributed by atoms with E-state index in [2.05, 4.69) is 6.58 Å². The molecule has 1 saturated heterocycles. The fraction of sp³-hybridized carbons (Fsp3) is 0.800. The Balaban J connectivity index is 2.45. The monoisotopic (exact) mass is 282 g/mol. The van der Waals surface area contributed by atoms with Gasteiger partial charge < -0.3 is 14.0 Å². The van der Waals surface area contributed by atoms with Crippen molar-refractivity contribution in [2.45, 2.75) is 66.1 Å². The third-order valence-electron chi connectivity index (χ3n) is 3.86. The van der Waals surface area contributed by atoms with Crippen LogP contribution in [0.2, 0.25) is 0 Å². The number of hydrogen-bond acceptors (Lipinski definition) is 4. The maximum atomic E-state index is 11.7. The number of esters is 1. The van der Waals surface area contributed by atoms with Crippen LogP contribution >= 0.6 is 0 Å². The summed E-state index contributed by atoms with van der Waals surface area (Å²) in [5.74, 6) is -0.209. The maximum absolute atomic E-state index is 11.7. The molecule has 0 N–H and O–H groups in total. The van der Waals surface area contributed by atoms with E-state index < -0.39 is 12.5 Å². The van der Waals surface area contributed by atoms with Crippen molar-refractivity contribution >= 4 is 13.1 Å². The first kappa shape index (κ1) is 17.2. The van der Waals surface area contributed by atoms with E-state index in [9.17, 15) is 4.79 Å². The van der Waals surface area contributed by atoms with Gasteiger partial charge >= 0.3 is 13.1 Å². The first-order valence-electron chi connectivity index (χ1n) is 7.07. The summed E-state index contributed by atoms with van der Waals surface area (Å²) in [6, 6.07) is 0. The number of hydrogen-bond donors (Lipinski definition) is 0. The predicted molar refractivity (Wildman–Crippen MR) is 80.3 cm³/mol. The fourth-order valence-corrected chi connectivity index (χ4v) is 1.62. The molecule has 20 heavy (non-hydrogen) atoms. The van der Waals surface area contributed by atoms with Gasteiger partial charge in [0.1, 0.15) is 0 Å². The minimum atomic E-state index is -0.480. The van der Waals surface area contributed by atoms with Gasteiger partial charge in [0.25, 0.3) is 0 Å². The van der Waals surface area contributed by atoms with Crippen molar-refractivity contribution in [2.24, 2.45) is 5.41 Å². The minimum Gasteiger partial charge on any atom is -0.465 e. The number of carbonyl (C=O) groups excluding carboxylic acids is 1. The molecule has 0 aromatic carbocycles. The van der Waals surface area contributed by atoms with Crippen LogP contribution in [0.15, 0.2) is 12.1 Å². The minimum absolute atomic E-state index is 0.209. The molecule has 0 atom stereocenters. The van der Waals surface area contributed by atoms with Crippen molar-refractivity contribution in [3.8, 4) is 0 Å². The van der Waals surface area contributed by atoms with E-state index in [0.29, 0.717) is 13.0 Å². The Morgan fingerprint density at radius 1 is 1.15 bits per heavy atom. The van der Waals surface area contributed by atoms with E-state index in [0.717, 1.165) is 5.47 Å². The highest BCUT2D eigenvalue weighted by molar-refractivity contribution is 6.54. The lowest BCUT2D eigenvalue weighted by Crippen LogP contribution is -2.41. The molecule has 1 aliphatic rings. The van der Waals surface area contributed by atoms with Gasteiger partial charge in [-0.1, -0.05) is 0 Å². The van der Waals surface area contributed by atoms with Gasteiger partial charge in [0.2, 0.25) is 0 Å². The molecule has 1 aliphatic heterocycles. The Morgan fingerprint density at radius 2 is 1.60 bits per heavy atom. The van der Waals surface area contributed by atoms with Crippen LogP contribution in [0.1, 0.15) is 54.9 Å². The van der Waals surface area contributed by atoms with Crippen molar-refractivity contribution < 1.29 is 18.8 Å². The Bertz CT molecular complexity index is 377. The molecule has 0 aliphatic carbocycles. The Morgan fingerprint density at radius 3 is 2.00 bits per heavy atom. The van der Waals surface area contributed by atoms with Gasteiger partial charge in [0.15, 0.2) is 0 Å². The van der Waals surface area contributed by atoms with E-state index >= 15 is 0 Å². The molecule has 0 spiro atoms. The maximum Gasteiger partial charge on any atom is 0.490 e. The van der Waals surface area contributed by atoms with Crippen molar-refractivity contribution in [1.29, 1.82) is 0 Å². The zero-order valence-electron chi connectivity index (χ0n) is 13.8. The van der Waals surface area contributed by atoms with Crippen molar-refractivity contribution in [1.82, 2.24) is 0 Å². The molecule has 1 heterocycles. The molecule has 0 amide bonds. The summed E-state index contributed by atoms with van der Waals surface area (Å²) in [5, 5.41) is 0. The lowest BCUT2D eigenvalue weighted by molar-refractivity contribution is -0.152. The molecule has 4 nitrogen and oxygen atoms in total. The largest absolute Gasteiger partial charge is 0.490 e. The van der Waals surface area contributed by atoms with E-state index in [-0.39, 0.29) is 17.2 Å². The molecule has 0 saturated carbocycles. The van der Waals surface area contributed by atoms with Crippen molar-refractivity contribution in [3.05, 3.63) is 12.1 Å². The quantitative estimate of drug-likeness (QED) is 0.587. The van der Waals surface area contributed by atoms with Gasteiger partial charge in [-0.15, -0.1) is 6.58 Å². The van der Waals surface area contributed by atoms with Crippen LogP contribution in [0.25, 0.3) is 0 Å². The molecule has 5 heteroatoms. The van der Waals surface area contributed by atoms with Gasteiger partial charge in [-0.25, -0.2) is 0 Å². The zero-order valence-corrected chi connectivity index (χ0v) is 13.8. The van der Waals surface area contributed by atoms with Gasteiger partial charge in [-0.3, -0.25) is 4.79 Å². The molecule has 0 aromatic rings. The van der Waals surface area contributed by atoms with Crippen molar-refractivity contribution in [2.75, 3.05) is 6.61 Å². The van der Waals surface area contributed by atoms with E-state index in [1.807, 2.05) is 48.5 Å². The Kier molecular flexibility index (Phi) is 4.77. The number of carbonyl (C=O) groups is 1. The normalized spacial score (nSPS) is 20.9. The summed E-state index contributed by atoms with van der Waals surface area (Å²) in [6.45, 7) is 17.8. The molecule has 0 bridgehead atoms. The van der Waals surface area contributed by atoms with Crippen LogP contribution in [0.4, 0.5) is 0 Å². The van der Waals surface area contributed by atoms with Gasteiger partial charge in [-0.2, -0.15) is 0 Å². The predicted octanol–water partition coefficient (Wildman–Crippen LogP) is 3.15. The lowest BCUT2D eigenvalue weighted by atomic mass is 9.77. The molecule has 1 fully saturated rings. The molecular formula is C15H27BO4. The van der Waals surface area contributed by atoms with E-state index in [4.69, 9.17) is 14.0 Å². The third-order valence-corrected chi connectivity index (χ3v) is 3.86. The van der Waals surface area contributed by atoms with Crippen LogP contribution in [0, 0.1) is 5.41 Å². The number of rotatable bonds is 4. The van der Waals surface area contributed by atoms with Gasteiger partial charge in [-0.05, 0) is 60.4 Å². The van der Waals surface area contributed by atoms with Crippen LogP contribution in [-0.2, 0) is 18.8 Å². The smallest absolute Gasteiger partial charge is 0.465 e. The first-order valence-corrected chi connectivity index (χ1v) is 7.07. The van der Waals surface area contributed by atoms with Crippen LogP contribution in [-0.4, -0.2) is 30.9 Å². The average molecular weight is 282 g/mol. The summed E-state index contributed by atoms with van der Waals surface area (Å²) in [6.07, 6.45) is 0.540. The van der Waals surface area contributed by atoms with Crippen molar-refractivity contribution in [3.63, 3.8) is 0 Å². The SMILES string of the molecule is C=C(CCOC(=O)C(C)(C)C)B1OC(C)(C)C(C)(C)O1. The second-order valence-corrected chi connectivity index (χ2v) is 7.38. The zero-order chi connectivity index (χ0) is 15.8. The molecule has 1 rings (SSSR count). The fourth-order valence-electron chi connectivity index (χ4n) is 1.62. The molecule has 0 unspecified atom stereocenters. The van der Waals surface area contributed by atoms with E-state index in [1.54, 1.807) is 0 Å². The average Bonchev–Trinajstić information content (AvgIpc) is 2.46. The summed E-state index contributed by atoms with van der Waals surface area (Å²) in [5.41, 5.74) is -0.429. The highest BCUT2D eigenvalue weighted by atomic mass is 16.7. The molecule has 0 aromatic heterocycles. The highest BCUT2D eigenvalue weighted by Gasteiger charge is 2.51. The third kappa shape index (κ3) is 3.86. The summed E-state index contributed by atoms with van der Waals surface area (Å²) >= 11 is 0. The van der Waals surface area contributed by atoms with Gasteiger partial charge in [0, 0.05) is 0 Å². The second kappa shape index (κ2) is 5.53. The Labute approximate surface area is 123 Å². The number of ether oxygens (including phenoxy) is 1. The topological polar surface area (TPSA) is 44.8 Å². The van der Waals surface area contributed by atoms with Crippen LogP contribution in [0.5, 0.6) is 0 Å². The lowest BCUT2D eigenvalue weighted by Gasteiger charge is -2.32. The second-order valence-electron chi connectivity index (χ2n) is 7.38. The summed E-state index contributed by atoms with van der Waals surface area (Å²) in [4.78, 5) is 11.7. The van der Waals surface area contributed by atoms with Crippen LogP contribution in [0.3, 0.4) is 0 Å². The van der Waals surface area contributed by atoms with Gasteiger partial charge in [0.05, 0.1) is 23.2 Å². The molecule has 114 valence electrons. The standard InChI is InChI=1S/C15H27BO4/c1-11(9-10-18-12(17)13(2,3)4)16-19-14(5,6)15(7,8)20-16/h1,9-10H2,2-8H3. The summed E-state index contributed by atoms with van der Waals surface area (Å²) in [7, 11) is -0.437. The Hall–Kier alpha value is -0.805. The molecule has 0 radical (unpaired) electrons. The first-order chi connectivity index (χ1) is 8.87. The van der Waals surface area contributed by atoms with E-state index in [1.165, 1.54) is 0 Å². The molecular weight excluding hydrogens is 255 g/mol. The summed E-state index contributed by atoms with van der Waals surface area (Å²) < 4.78 is 17.0. The van der Waals surface area contributed by atoms with Crippen LogP contribution < -0.4 is 0 Å². The highest BCUT2D eigenvalue weighted by Crippen LogP contribution is 2.38.